The van der Waals surface area contributed by atoms with Gasteiger partial charge in [-0.2, -0.15) is 0 Å². The van der Waals surface area contributed by atoms with Crippen LogP contribution in [0, 0.1) is 11.6 Å². The van der Waals surface area contributed by atoms with E-state index in [4.69, 9.17) is 4.74 Å². The Bertz CT molecular complexity index is 814. The number of methoxy groups -OCH3 is 1. The number of aromatic nitrogens is 1. The molecule has 0 aliphatic carbocycles. The van der Waals surface area contributed by atoms with Crippen molar-refractivity contribution in [3.63, 3.8) is 0 Å². The van der Waals surface area contributed by atoms with Gasteiger partial charge in [-0.05, 0) is 30.2 Å². The summed E-state index contributed by atoms with van der Waals surface area (Å²) in [5.74, 6) is -1.26. The lowest BCUT2D eigenvalue weighted by atomic mass is 10.0. The maximum absolute atomic E-state index is 13.3. The molecule has 0 unspecified atom stereocenters. The average Bonchev–Trinajstić information content (AvgIpc) is 2.60. The van der Waals surface area contributed by atoms with E-state index in [2.05, 4.69) is 10.3 Å². The first-order valence-electron chi connectivity index (χ1n) is 9.06. The molecule has 0 radical (unpaired) electrons. The molecule has 0 saturated carbocycles. The highest BCUT2D eigenvalue weighted by Gasteiger charge is 2.27. The molecule has 1 aromatic heterocycles. The molecular formula is C20H23F2N3O3. The van der Waals surface area contributed by atoms with Crippen molar-refractivity contribution >= 4 is 5.91 Å². The Hall–Kier alpha value is -2.58. The first-order valence-corrected chi connectivity index (χ1v) is 9.06. The van der Waals surface area contributed by atoms with Crippen molar-refractivity contribution in [2.24, 2.45) is 0 Å². The molecule has 6 nitrogen and oxygen atoms in total. The number of halogens is 2. The Balaban J connectivity index is 1.58. The van der Waals surface area contributed by atoms with Gasteiger partial charge in [-0.3, -0.25) is 9.69 Å². The lowest BCUT2D eigenvalue weighted by Crippen LogP contribution is -2.52. The van der Waals surface area contributed by atoms with E-state index >= 15 is 0 Å². The summed E-state index contributed by atoms with van der Waals surface area (Å²) in [5, 5.41) is 13.0. The summed E-state index contributed by atoms with van der Waals surface area (Å²) in [6, 6.07) is 8.25. The van der Waals surface area contributed by atoms with E-state index in [1.54, 1.807) is 13.2 Å². The maximum Gasteiger partial charge on any atom is 0.224 e. The van der Waals surface area contributed by atoms with Gasteiger partial charge in [0.15, 0.2) is 0 Å². The average molecular weight is 391 g/mol. The number of likely N-dealkylation sites (tertiary alicyclic amines) is 1. The standard InChI is InChI=1S/C20H23F2N3O3/c1-28-20-4-2-3-16(24-20)10-25-11-17(9-18(26)12-25)23-19(27)7-13-5-14(21)8-15(22)6-13/h2-6,8,17-18,26H,7,9-12H2,1H3,(H,23,27)/t17-,18+/m0/s1. The SMILES string of the molecule is COc1cccc(CN2C[C@H](O)C[C@H](NC(=O)Cc3cc(F)cc(F)c3)C2)n1. The highest BCUT2D eigenvalue weighted by Crippen LogP contribution is 2.16. The number of carbonyl (C=O) groups excluding carboxylic acids is 1. The first kappa shape index (κ1) is 20.2. The van der Waals surface area contributed by atoms with Gasteiger partial charge in [-0.25, -0.2) is 13.8 Å². The van der Waals surface area contributed by atoms with Crippen LogP contribution < -0.4 is 10.1 Å². The number of rotatable bonds is 6. The number of nitrogens with zero attached hydrogens (tertiary/aromatic N) is 2. The molecule has 2 atom stereocenters. The third-order valence-corrected chi connectivity index (χ3v) is 4.53. The van der Waals surface area contributed by atoms with Crippen LogP contribution in [0.25, 0.3) is 0 Å². The van der Waals surface area contributed by atoms with E-state index in [1.165, 1.54) is 0 Å². The second kappa shape index (κ2) is 9.07. The number of pyridine rings is 1. The summed E-state index contributed by atoms with van der Waals surface area (Å²) in [6.07, 6.45) is -0.291. The normalized spacial score (nSPS) is 20.0. The molecule has 150 valence electrons. The quantitative estimate of drug-likeness (QED) is 0.784. The number of benzene rings is 1. The zero-order valence-electron chi connectivity index (χ0n) is 15.6. The number of piperidine rings is 1. The van der Waals surface area contributed by atoms with E-state index in [1.807, 2.05) is 17.0 Å². The van der Waals surface area contributed by atoms with E-state index in [9.17, 15) is 18.7 Å². The van der Waals surface area contributed by atoms with Crippen molar-refractivity contribution in [2.75, 3.05) is 20.2 Å². The van der Waals surface area contributed by atoms with Crippen LogP contribution in [0.4, 0.5) is 8.78 Å². The highest BCUT2D eigenvalue weighted by molar-refractivity contribution is 5.78. The zero-order chi connectivity index (χ0) is 20.1. The fourth-order valence-electron chi connectivity index (χ4n) is 3.46. The van der Waals surface area contributed by atoms with Gasteiger partial charge in [-0.1, -0.05) is 6.07 Å². The summed E-state index contributed by atoms with van der Waals surface area (Å²) in [5.41, 5.74) is 1.07. The summed E-state index contributed by atoms with van der Waals surface area (Å²) < 4.78 is 31.7. The van der Waals surface area contributed by atoms with E-state index in [0.717, 1.165) is 23.9 Å². The summed E-state index contributed by atoms with van der Waals surface area (Å²) in [4.78, 5) is 18.6. The van der Waals surface area contributed by atoms with Gasteiger partial charge in [-0.15, -0.1) is 0 Å². The van der Waals surface area contributed by atoms with Crippen molar-refractivity contribution in [1.82, 2.24) is 15.2 Å². The molecule has 2 heterocycles. The fourth-order valence-corrected chi connectivity index (χ4v) is 3.46. The first-order chi connectivity index (χ1) is 13.4. The monoisotopic (exact) mass is 391 g/mol. The number of amides is 1. The van der Waals surface area contributed by atoms with Crippen molar-refractivity contribution in [2.45, 2.75) is 31.5 Å². The van der Waals surface area contributed by atoms with Crippen molar-refractivity contribution in [3.05, 3.63) is 59.3 Å². The number of nitrogens with one attached hydrogen (secondary N) is 1. The molecule has 1 aliphatic heterocycles. The number of aliphatic hydroxyl groups excluding tert-OH is 1. The minimum atomic E-state index is -0.715. The number of β-amino-alcohol motifs (C(OH)–C–C–N with tert-alkyl or cyclic N) is 1. The largest absolute Gasteiger partial charge is 0.481 e. The Morgan fingerprint density at radius 3 is 2.75 bits per heavy atom. The van der Waals surface area contributed by atoms with Gasteiger partial charge < -0.3 is 15.2 Å². The predicted octanol–water partition coefficient (Wildman–Crippen LogP) is 1.66. The lowest BCUT2D eigenvalue weighted by molar-refractivity contribution is -0.121. The topological polar surface area (TPSA) is 74.7 Å². The molecule has 2 N–H and O–H groups in total. The number of hydrogen-bond acceptors (Lipinski definition) is 5. The predicted molar refractivity (Wildman–Crippen MR) is 98.7 cm³/mol. The molecule has 1 aromatic carbocycles. The minimum Gasteiger partial charge on any atom is -0.481 e. The summed E-state index contributed by atoms with van der Waals surface area (Å²) in [6.45, 7) is 1.52. The lowest BCUT2D eigenvalue weighted by Gasteiger charge is -2.35. The molecule has 0 spiro atoms. The molecule has 0 bridgehead atoms. The minimum absolute atomic E-state index is 0.126. The molecule has 1 aliphatic rings. The van der Waals surface area contributed by atoms with Crippen LogP contribution in [0.5, 0.6) is 5.88 Å². The van der Waals surface area contributed by atoms with Crippen LogP contribution in [0.2, 0.25) is 0 Å². The molecule has 1 amide bonds. The van der Waals surface area contributed by atoms with Crippen LogP contribution in [0.15, 0.2) is 36.4 Å². The van der Waals surface area contributed by atoms with Crippen LogP contribution in [-0.2, 0) is 17.8 Å². The second-order valence-electron chi connectivity index (χ2n) is 6.97. The number of hydrogen-bond donors (Lipinski definition) is 2. The van der Waals surface area contributed by atoms with Gasteiger partial charge >= 0.3 is 0 Å². The Kier molecular flexibility index (Phi) is 6.53. The maximum atomic E-state index is 13.3. The molecule has 28 heavy (non-hydrogen) atoms. The number of carbonyl (C=O) groups is 1. The van der Waals surface area contributed by atoms with Crippen LogP contribution >= 0.6 is 0 Å². The highest BCUT2D eigenvalue weighted by atomic mass is 19.1. The van der Waals surface area contributed by atoms with Gasteiger partial charge in [0.1, 0.15) is 11.6 Å². The number of ether oxygens (including phenoxy) is 1. The van der Waals surface area contributed by atoms with Crippen molar-refractivity contribution in [1.29, 1.82) is 0 Å². The van der Waals surface area contributed by atoms with Crippen LogP contribution in [-0.4, -0.2) is 53.2 Å². The molecule has 1 saturated heterocycles. The Labute approximate surface area is 162 Å². The van der Waals surface area contributed by atoms with Gasteiger partial charge in [0.2, 0.25) is 11.8 Å². The third kappa shape index (κ3) is 5.71. The fraction of sp³-hybridized carbons (Fsp3) is 0.400. The van der Waals surface area contributed by atoms with Crippen LogP contribution in [0.1, 0.15) is 17.7 Å². The zero-order valence-corrected chi connectivity index (χ0v) is 15.6. The molecule has 2 aromatic rings. The van der Waals surface area contributed by atoms with Crippen molar-refractivity contribution in [3.8, 4) is 5.88 Å². The summed E-state index contributed by atoms with van der Waals surface area (Å²) in [7, 11) is 1.55. The third-order valence-electron chi connectivity index (χ3n) is 4.53. The van der Waals surface area contributed by atoms with E-state index in [0.29, 0.717) is 31.9 Å². The second-order valence-corrected chi connectivity index (χ2v) is 6.97. The van der Waals surface area contributed by atoms with Gasteiger partial charge in [0.05, 0.1) is 25.3 Å². The Morgan fingerprint density at radius 2 is 2.04 bits per heavy atom. The smallest absolute Gasteiger partial charge is 0.224 e. The molecule has 1 fully saturated rings. The van der Waals surface area contributed by atoms with Crippen LogP contribution in [0.3, 0.4) is 0 Å². The molecule has 8 heteroatoms. The number of aliphatic hydroxyl groups is 1. The Morgan fingerprint density at radius 1 is 1.29 bits per heavy atom. The van der Waals surface area contributed by atoms with Gasteiger partial charge in [0, 0.05) is 37.8 Å². The molecular weight excluding hydrogens is 368 g/mol. The molecule has 3 rings (SSSR count). The van der Waals surface area contributed by atoms with E-state index in [-0.39, 0.29) is 23.9 Å². The summed E-state index contributed by atoms with van der Waals surface area (Å²) >= 11 is 0. The van der Waals surface area contributed by atoms with Gasteiger partial charge in [0.25, 0.3) is 0 Å². The van der Waals surface area contributed by atoms with E-state index < -0.39 is 17.7 Å². The van der Waals surface area contributed by atoms with Crippen molar-refractivity contribution < 1.29 is 23.4 Å².